The number of nitrogens with one attached hydrogen (secondary N) is 1. The summed E-state index contributed by atoms with van der Waals surface area (Å²) in [4.78, 5) is 21.5. The van der Waals surface area contributed by atoms with Gasteiger partial charge in [0.05, 0.1) is 17.6 Å². The molecule has 4 aromatic rings. The Bertz CT molecular complexity index is 1190. The Kier molecular flexibility index (Phi) is 6.49. The third-order valence-electron chi connectivity index (χ3n) is 6.52. The Morgan fingerprint density at radius 2 is 1.79 bits per heavy atom. The van der Waals surface area contributed by atoms with Crippen LogP contribution in [0.15, 0.2) is 72.8 Å². The maximum Gasteiger partial charge on any atom is 0.150 e. The van der Waals surface area contributed by atoms with Gasteiger partial charge in [0.2, 0.25) is 0 Å². The number of likely N-dealkylation sites (tertiary alicyclic amines) is 1. The van der Waals surface area contributed by atoms with Gasteiger partial charge in [-0.1, -0.05) is 30.3 Å². The number of hydrogen-bond acceptors (Lipinski definition) is 4. The number of H-pyrrole nitrogens is 1. The third kappa shape index (κ3) is 5.32. The molecule has 5 nitrogen and oxygen atoms in total. The molecular formula is C28H29N3O2. The van der Waals surface area contributed by atoms with E-state index < -0.39 is 0 Å². The smallest absolute Gasteiger partial charge is 0.150 e. The van der Waals surface area contributed by atoms with Gasteiger partial charge < -0.3 is 9.72 Å². The van der Waals surface area contributed by atoms with Crippen LogP contribution >= 0.6 is 0 Å². The Labute approximate surface area is 194 Å². The number of ether oxygens (including phenoxy) is 1. The average molecular weight is 440 g/mol. The first-order valence-corrected chi connectivity index (χ1v) is 11.7. The number of carbonyl (C=O) groups excluding carboxylic acids is 1. The van der Waals surface area contributed by atoms with Gasteiger partial charge >= 0.3 is 0 Å². The van der Waals surface area contributed by atoms with Gasteiger partial charge in [0.25, 0.3) is 0 Å². The first-order valence-electron chi connectivity index (χ1n) is 11.7. The van der Waals surface area contributed by atoms with Crippen molar-refractivity contribution in [3.63, 3.8) is 0 Å². The molecule has 168 valence electrons. The van der Waals surface area contributed by atoms with Crippen molar-refractivity contribution in [3.8, 4) is 17.1 Å². The number of aromatic nitrogens is 2. The molecule has 1 aliphatic heterocycles. The van der Waals surface area contributed by atoms with Crippen LogP contribution in [-0.2, 0) is 6.54 Å². The van der Waals surface area contributed by atoms with Crippen molar-refractivity contribution < 1.29 is 9.53 Å². The maximum atomic E-state index is 11.0. The van der Waals surface area contributed by atoms with E-state index in [2.05, 4.69) is 45.2 Å². The fourth-order valence-corrected chi connectivity index (χ4v) is 4.56. The molecule has 1 fully saturated rings. The van der Waals surface area contributed by atoms with E-state index in [4.69, 9.17) is 4.74 Å². The van der Waals surface area contributed by atoms with Crippen LogP contribution in [-0.4, -0.2) is 40.9 Å². The molecule has 0 unspecified atom stereocenters. The van der Waals surface area contributed by atoms with Crippen LogP contribution in [0, 0.1) is 5.92 Å². The van der Waals surface area contributed by atoms with Gasteiger partial charge in [0.1, 0.15) is 17.9 Å². The lowest BCUT2D eigenvalue weighted by atomic mass is 9.93. The van der Waals surface area contributed by atoms with Crippen molar-refractivity contribution in [1.29, 1.82) is 0 Å². The van der Waals surface area contributed by atoms with E-state index in [1.54, 1.807) is 6.07 Å². The van der Waals surface area contributed by atoms with Crippen molar-refractivity contribution in [3.05, 3.63) is 83.9 Å². The highest BCUT2D eigenvalue weighted by Crippen LogP contribution is 2.25. The van der Waals surface area contributed by atoms with E-state index >= 15 is 0 Å². The van der Waals surface area contributed by atoms with Gasteiger partial charge in [-0.25, -0.2) is 4.98 Å². The first-order chi connectivity index (χ1) is 16.3. The van der Waals surface area contributed by atoms with E-state index in [9.17, 15) is 4.79 Å². The second-order valence-electron chi connectivity index (χ2n) is 8.85. The molecule has 1 N–H and O–H groups in total. The van der Waals surface area contributed by atoms with Crippen LogP contribution in [0.4, 0.5) is 0 Å². The predicted molar refractivity (Wildman–Crippen MR) is 131 cm³/mol. The average Bonchev–Trinajstić information content (AvgIpc) is 3.29. The molecule has 0 bridgehead atoms. The molecule has 1 saturated heterocycles. The van der Waals surface area contributed by atoms with Crippen LogP contribution in [0.3, 0.4) is 0 Å². The van der Waals surface area contributed by atoms with Gasteiger partial charge in [-0.3, -0.25) is 9.69 Å². The van der Waals surface area contributed by atoms with Crippen molar-refractivity contribution in [2.75, 3.05) is 19.7 Å². The topological polar surface area (TPSA) is 58.2 Å². The highest BCUT2D eigenvalue weighted by molar-refractivity contribution is 5.86. The lowest BCUT2D eigenvalue weighted by Gasteiger charge is -2.32. The summed E-state index contributed by atoms with van der Waals surface area (Å²) >= 11 is 0. The summed E-state index contributed by atoms with van der Waals surface area (Å²) in [6.07, 6.45) is 4.43. The summed E-state index contributed by atoms with van der Waals surface area (Å²) in [5.41, 5.74) is 4.76. The monoisotopic (exact) mass is 439 g/mol. The van der Waals surface area contributed by atoms with Crippen molar-refractivity contribution in [2.24, 2.45) is 5.92 Å². The molecule has 0 saturated carbocycles. The summed E-state index contributed by atoms with van der Waals surface area (Å²) in [5, 5.41) is 0. The SMILES string of the molecule is O=Cc1ccc2nc(-c3ccc(OCCC4CCN(Cc5ccccc5)CC4)cc3)[nH]c2c1. The summed E-state index contributed by atoms with van der Waals surface area (Å²) in [6.45, 7) is 4.14. The number of aromatic amines is 1. The standard InChI is InChI=1S/C28H29N3O2/c32-20-23-6-11-26-27(18-23)30-28(29-26)24-7-9-25(10-8-24)33-17-14-21-12-15-31(16-13-21)19-22-4-2-1-3-5-22/h1-11,18,20-21H,12-17,19H2,(H,29,30). The summed E-state index contributed by atoms with van der Waals surface area (Å²) in [5.74, 6) is 2.42. The second kappa shape index (κ2) is 10.0. The van der Waals surface area contributed by atoms with Gasteiger partial charge in [-0.05, 0) is 86.3 Å². The van der Waals surface area contributed by atoms with Gasteiger partial charge in [0.15, 0.2) is 0 Å². The van der Waals surface area contributed by atoms with E-state index in [0.717, 1.165) is 59.9 Å². The molecule has 1 aromatic heterocycles. The zero-order valence-corrected chi connectivity index (χ0v) is 18.7. The number of imidazole rings is 1. The molecule has 0 atom stereocenters. The molecule has 3 aromatic carbocycles. The molecule has 0 aliphatic carbocycles. The highest BCUT2D eigenvalue weighted by atomic mass is 16.5. The first kappa shape index (κ1) is 21.4. The van der Waals surface area contributed by atoms with Crippen molar-refractivity contribution >= 4 is 17.3 Å². The minimum atomic E-state index is 0.642. The predicted octanol–water partition coefficient (Wildman–Crippen LogP) is 5.72. The minimum absolute atomic E-state index is 0.642. The quantitative estimate of drug-likeness (QED) is 0.357. The number of aldehydes is 1. The lowest BCUT2D eigenvalue weighted by Crippen LogP contribution is -2.33. The molecule has 0 spiro atoms. The van der Waals surface area contributed by atoms with Gasteiger partial charge in [-0.2, -0.15) is 0 Å². The van der Waals surface area contributed by atoms with Crippen molar-refractivity contribution in [2.45, 2.75) is 25.8 Å². The number of carbonyl (C=O) groups is 1. The Morgan fingerprint density at radius 3 is 2.55 bits per heavy atom. The number of nitrogens with zero attached hydrogens (tertiary/aromatic N) is 2. The summed E-state index contributed by atoms with van der Waals surface area (Å²) in [6, 6.07) is 24.3. The molecule has 5 rings (SSSR count). The maximum absolute atomic E-state index is 11.0. The van der Waals surface area contributed by atoms with Crippen LogP contribution in [0.5, 0.6) is 5.75 Å². The van der Waals surface area contributed by atoms with Crippen LogP contribution in [0.1, 0.15) is 35.2 Å². The van der Waals surface area contributed by atoms with Crippen LogP contribution < -0.4 is 4.74 Å². The zero-order valence-electron chi connectivity index (χ0n) is 18.7. The molecule has 0 radical (unpaired) electrons. The van der Waals surface area contributed by atoms with E-state index in [1.165, 1.54) is 31.5 Å². The minimum Gasteiger partial charge on any atom is -0.494 e. The molecule has 1 aliphatic rings. The summed E-state index contributed by atoms with van der Waals surface area (Å²) in [7, 11) is 0. The van der Waals surface area contributed by atoms with Gasteiger partial charge in [0, 0.05) is 17.7 Å². The van der Waals surface area contributed by atoms with E-state index in [-0.39, 0.29) is 0 Å². The Balaban J connectivity index is 1.09. The second-order valence-corrected chi connectivity index (χ2v) is 8.85. The van der Waals surface area contributed by atoms with Crippen molar-refractivity contribution in [1.82, 2.24) is 14.9 Å². The van der Waals surface area contributed by atoms with Gasteiger partial charge in [-0.15, -0.1) is 0 Å². The fraction of sp³-hybridized carbons (Fsp3) is 0.286. The third-order valence-corrected chi connectivity index (χ3v) is 6.52. The van der Waals surface area contributed by atoms with Crippen LogP contribution in [0.2, 0.25) is 0 Å². The normalized spacial score (nSPS) is 15.0. The molecule has 5 heteroatoms. The Morgan fingerprint density at radius 1 is 1.00 bits per heavy atom. The fourth-order valence-electron chi connectivity index (χ4n) is 4.56. The number of rotatable bonds is 8. The number of fused-ring (bicyclic) bond motifs is 1. The zero-order chi connectivity index (χ0) is 22.5. The number of hydrogen-bond donors (Lipinski definition) is 1. The lowest BCUT2D eigenvalue weighted by molar-refractivity contribution is 0.112. The molecular weight excluding hydrogens is 410 g/mol. The van der Waals surface area contributed by atoms with Crippen LogP contribution in [0.25, 0.3) is 22.4 Å². The highest BCUT2D eigenvalue weighted by Gasteiger charge is 2.19. The molecule has 33 heavy (non-hydrogen) atoms. The van der Waals surface area contributed by atoms with E-state index in [0.29, 0.717) is 5.56 Å². The molecule has 2 heterocycles. The number of piperidine rings is 1. The summed E-state index contributed by atoms with van der Waals surface area (Å²) < 4.78 is 6.03. The molecule has 0 amide bonds. The van der Waals surface area contributed by atoms with E-state index in [1.807, 2.05) is 36.4 Å². The largest absolute Gasteiger partial charge is 0.494 e. The number of benzene rings is 3. The Hall–Kier alpha value is -3.44.